The highest BCUT2D eigenvalue weighted by Gasteiger charge is 2.13. The number of aryl methyl sites for hydroxylation is 1. The first-order valence-electron chi connectivity index (χ1n) is 7.21. The molecule has 0 aromatic heterocycles. The van der Waals surface area contributed by atoms with Crippen molar-refractivity contribution < 1.29 is 10.0 Å². The first-order valence-corrected chi connectivity index (χ1v) is 7.21. The van der Waals surface area contributed by atoms with Crippen LogP contribution in [0.4, 0.5) is 5.69 Å². The number of aliphatic hydroxyl groups is 1. The predicted octanol–water partition coefficient (Wildman–Crippen LogP) is 2.90. The number of hydrogen-bond donors (Lipinski definition) is 1. The van der Waals surface area contributed by atoms with E-state index in [0.717, 1.165) is 11.1 Å². The molecule has 0 atom stereocenters. The summed E-state index contributed by atoms with van der Waals surface area (Å²) in [5, 5.41) is 20.3. The van der Waals surface area contributed by atoms with Crippen molar-refractivity contribution in [1.29, 1.82) is 0 Å². The van der Waals surface area contributed by atoms with Crippen molar-refractivity contribution in [1.82, 2.24) is 4.90 Å². The zero-order valence-corrected chi connectivity index (χ0v) is 12.6. The third-order valence-electron chi connectivity index (χ3n) is 3.54. The lowest BCUT2D eigenvalue weighted by molar-refractivity contribution is -0.385. The Labute approximate surface area is 130 Å². The van der Waals surface area contributed by atoms with Gasteiger partial charge in [0, 0.05) is 31.3 Å². The van der Waals surface area contributed by atoms with Gasteiger partial charge in [-0.2, -0.15) is 0 Å². The third kappa shape index (κ3) is 4.38. The van der Waals surface area contributed by atoms with Crippen molar-refractivity contribution in [3.05, 3.63) is 75.3 Å². The molecule has 1 N–H and O–H groups in total. The monoisotopic (exact) mass is 300 g/mol. The molecule has 0 heterocycles. The first-order chi connectivity index (χ1) is 10.6. The molecule has 116 valence electrons. The Morgan fingerprint density at radius 2 is 1.77 bits per heavy atom. The van der Waals surface area contributed by atoms with Crippen molar-refractivity contribution in [3.63, 3.8) is 0 Å². The summed E-state index contributed by atoms with van der Waals surface area (Å²) in [4.78, 5) is 12.7. The average molecular weight is 300 g/mol. The Morgan fingerprint density at radius 1 is 1.09 bits per heavy atom. The third-order valence-corrected chi connectivity index (χ3v) is 3.54. The van der Waals surface area contributed by atoms with Crippen LogP contribution in [0.15, 0.2) is 48.5 Å². The van der Waals surface area contributed by atoms with Crippen LogP contribution in [0.2, 0.25) is 0 Å². The molecule has 22 heavy (non-hydrogen) atoms. The van der Waals surface area contributed by atoms with Crippen molar-refractivity contribution in [2.45, 2.75) is 20.0 Å². The van der Waals surface area contributed by atoms with Crippen LogP contribution in [0.25, 0.3) is 0 Å². The molecular formula is C17H20N2O3. The summed E-state index contributed by atoms with van der Waals surface area (Å²) < 4.78 is 0. The minimum atomic E-state index is -0.355. The molecule has 5 nitrogen and oxygen atoms in total. The maximum Gasteiger partial charge on any atom is 0.272 e. The first kappa shape index (κ1) is 16.1. The number of benzene rings is 2. The number of hydrogen-bond acceptors (Lipinski definition) is 4. The van der Waals surface area contributed by atoms with E-state index in [1.54, 1.807) is 19.1 Å². The van der Waals surface area contributed by atoms with Crippen LogP contribution in [0.3, 0.4) is 0 Å². The molecule has 0 unspecified atom stereocenters. The van der Waals surface area contributed by atoms with Gasteiger partial charge in [-0.25, -0.2) is 0 Å². The zero-order chi connectivity index (χ0) is 15.9. The smallest absolute Gasteiger partial charge is 0.272 e. The van der Waals surface area contributed by atoms with Crippen molar-refractivity contribution >= 4 is 5.69 Å². The predicted molar refractivity (Wildman–Crippen MR) is 85.5 cm³/mol. The van der Waals surface area contributed by atoms with Gasteiger partial charge in [0.2, 0.25) is 0 Å². The molecule has 0 radical (unpaired) electrons. The van der Waals surface area contributed by atoms with Crippen molar-refractivity contribution in [3.8, 4) is 0 Å². The molecule has 0 saturated heterocycles. The van der Waals surface area contributed by atoms with Gasteiger partial charge in [0.1, 0.15) is 0 Å². The Kier molecular flexibility index (Phi) is 5.63. The van der Waals surface area contributed by atoms with E-state index < -0.39 is 0 Å². The Balaban J connectivity index is 2.14. The minimum Gasteiger partial charge on any atom is -0.395 e. The quantitative estimate of drug-likeness (QED) is 0.630. The summed E-state index contributed by atoms with van der Waals surface area (Å²) in [6.07, 6.45) is 0. The Bertz CT molecular complexity index is 629. The second kappa shape index (κ2) is 7.68. The zero-order valence-electron chi connectivity index (χ0n) is 12.6. The van der Waals surface area contributed by atoms with Crippen molar-refractivity contribution in [2.75, 3.05) is 13.2 Å². The number of nitro benzene ring substituents is 1. The number of aliphatic hydroxyl groups excluding tert-OH is 1. The molecule has 5 heteroatoms. The van der Waals surface area contributed by atoms with Crippen LogP contribution in [0, 0.1) is 17.0 Å². The summed E-state index contributed by atoms with van der Waals surface area (Å²) in [5.74, 6) is 0. The van der Waals surface area contributed by atoms with Crippen LogP contribution in [-0.2, 0) is 13.1 Å². The SMILES string of the molecule is Cc1ccc(CN(CCO)Cc2ccccc2)cc1[N+](=O)[O-]. The highest BCUT2D eigenvalue weighted by atomic mass is 16.6. The highest BCUT2D eigenvalue weighted by molar-refractivity contribution is 5.42. The van der Waals surface area contributed by atoms with E-state index in [1.165, 1.54) is 0 Å². The number of rotatable bonds is 7. The Morgan fingerprint density at radius 3 is 2.41 bits per heavy atom. The molecule has 0 spiro atoms. The summed E-state index contributed by atoms with van der Waals surface area (Å²) in [5.41, 5.74) is 2.82. The maximum absolute atomic E-state index is 11.0. The highest BCUT2D eigenvalue weighted by Crippen LogP contribution is 2.20. The van der Waals surface area contributed by atoms with Crippen molar-refractivity contribution in [2.24, 2.45) is 0 Å². The second-order valence-corrected chi connectivity index (χ2v) is 5.30. The lowest BCUT2D eigenvalue weighted by Crippen LogP contribution is -2.26. The largest absolute Gasteiger partial charge is 0.395 e. The normalized spacial score (nSPS) is 10.9. The van der Waals surface area contributed by atoms with Crippen LogP contribution < -0.4 is 0 Å². The molecular weight excluding hydrogens is 280 g/mol. The van der Waals surface area contributed by atoms with E-state index in [-0.39, 0.29) is 17.2 Å². The van der Waals surface area contributed by atoms with E-state index >= 15 is 0 Å². The van der Waals surface area contributed by atoms with E-state index in [0.29, 0.717) is 25.2 Å². The minimum absolute atomic E-state index is 0.0563. The lowest BCUT2D eigenvalue weighted by atomic mass is 10.1. The van der Waals surface area contributed by atoms with Gasteiger partial charge in [-0.1, -0.05) is 42.5 Å². The summed E-state index contributed by atoms with van der Waals surface area (Å²) in [6, 6.07) is 15.3. The van der Waals surface area contributed by atoms with Gasteiger partial charge >= 0.3 is 0 Å². The maximum atomic E-state index is 11.0. The molecule has 0 fully saturated rings. The molecule has 2 rings (SSSR count). The van der Waals surface area contributed by atoms with Crippen LogP contribution >= 0.6 is 0 Å². The second-order valence-electron chi connectivity index (χ2n) is 5.30. The molecule has 0 bridgehead atoms. The molecule has 2 aromatic rings. The van der Waals surface area contributed by atoms with Gasteiger partial charge in [0.25, 0.3) is 5.69 Å². The average Bonchev–Trinajstić information content (AvgIpc) is 2.50. The van der Waals surface area contributed by atoms with Gasteiger partial charge in [0.05, 0.1) is 11.5 Å². The van der Waals surface area contributed by atoms with Gasteiger partial charge in [-0.05, 0) is 18.1 Å². The molecule has 0 aliphatic carbocycles. The van der Waals surface area contributed by atoms with Gasteiger partial charge in [-0.15, -0.1) is 0 Å². The van der Waals surface area contributed by atoms with E-state index in [2.05, 4.69) is 4.90 Å². The number of nitrogens with zero attached hydrogens (tertiary/aromatic N) is 2. The van der Waals surface area contributed by atoms with Gasteiger partial charge in [-0.3, -0.25) is 15.0 Å². The van der Waals surface area contributed by atoms with E-state index in [9.17, 15) is 15.2 Å². The lowest BCUT2D eigenvalue weighted by Gasteiger charge is -2.21. The summed E-state index contributed by atoms with van der Waals surface area (Å²) >= 11 is 0. The van der Waals surface area contributed by atoms with Crippen LogP contribution in [0.1, 0.15) is 16.7 Å². The molecule has 0 amide bonds. The molecule has 0 saturated carbocycles. The fourth-order valence-corrected chi connectivity index (χ4v) is 2.41. The molecule has 2 aromatic carbocycles. The molecule has 0 aliphatic rings. The van der Waals surface area contributed by atoms with Gasteiger partial charge < -0.3 is 5.11 Å². The number of nitro groups is 1. The Hall–Kier alpha value is -2.24. The standard InChI is InChI=1S/C17H20N2O3/c1-14-7-8-16(11-17(14)19(21)22)13-18(9-10-20)12-15-5-3-2-4-6-15/h2-8,11,20H,9-10,12-13H2,1H3. The fourth-order valence-electron chi connectivity index (χ4n) is 2.41. The summed E-state index contributed by atoms with van der Waals surface area (Å²) in [6.45, 7) is 3.58. The van der Waals surface area contributed by atoms with Crippen LogP contribution in [-0.4, -0.2) is 28.1 Å². The van der Waals surface area contributed by atoms with E-state index in [4.69, 9.17) is 0 Å². The van der Waals surface area contributed by atoms with Crippen LogP contribution in [0.5, 0.6) is 0 Å². The topological polar surface area (TPSA) is 66.6 Å². The molecule has 0 aliphatic heterocycles. The fraction of sp³-hybridized carbons (Fsp3) is 0.294. The van der Waals surface area contributed by atoms with E-state index in [1.807, 2.05) is 36.4 Å². The summed E-state index contributed by atoms with van der Waals surface area (Å²) in [7, 11) is 0. The van der Waals surface area contributed by atoms with Gasteiger partial charge in [0.15, 0.2) is 0 Å².